The maximum absolute atomic E-state index is 10.3. The second-order valence-electron chi connectivity index (χ2n) is 5.30. The predicted molar refractivity (Wildman–Crippen MR) is 54.9 cm³/mol. The van der Waals surface area contributed by atoms with E-state index in [-0.39, 0.29) is 5.31 Å². The van der Waals surface area contributed by atoms with E-state index in [1.54, 1.807) is 0 Å². The standard InChI is InChI=1S/C11H19BO/c1-2-9-6-10(12)4-3-5-11(13,7-9)8-10/h9,13H,2-8H2,1H3. The van der Waals surface area contributed by atoms with E-state index in [4.69, 9.17) is 7.85 Å². The minimum absolute atomic E-state index is 0.0358. The molecule has 0 aliphatic heterocycles. The molecule has 0 aromatic heterocycles. The van der Waals surface area contributed by atoms with E-state index in [9.17, 15) is 5.11 Å². The fraction of sp³-hybridized carbons (Fsp3) is 1.00. The minimum atomic E-state index is -0.411. The number of fused-ring (bicyclic) bond motifs is 2. The lowest BCUT2D eigenvalue weighted by Crippen LogP contribution is -2.45. The lowest BCUT2D eigenvalue weighted by atomic mass is 9.48. The van der Waals surface area contributed by atoms with Crippen LogP contribution in [0.15, 0.2) is 0 Å². The van der Waals surface area contributed by atoms with Crippen LogP contribution in [0.1, 0.15) is 51.9 Å². The molecule has 0 amide bonds. The first-order valence-electron chi connectivity index (χ1n) is 5.57. The van der Waals surface area contributed by atoms with Gasteiger partial charge in [0.25, 0.3) is 0 Å². The molecule has 2 rings (SSSR count). The molecule has 0 heterocycles. The number of hydrogen-bond acceptors (Lipinski definition) is 1. The maximum Gasteiger partial charge on any atom is 0.0747 e. The van der Waals surface area contributed by atoms with Gasteiger partial charge in [-0.25, -0.2) is 0 Å². The summed E-state index contributed by atoms with van der Waals surface area (Å²) in [4.78, 5) is 0. The SMILES string of the molecule is [B]C12CCCC(O)(CC(CC)C1)C2. The van der Waals surface area contributed by atoms with Crippen molar-refractivity contribution in [3.8, 4) is 0 Å². The fourth-order valence-electron chi connectivity index (χ4n) is 3.42. The summed E-state index contributed by atoms with van der Waals surface area (Å²) in [5.74, 6) is 0.657. The molecule has 72 valence electrons. The predicted octanol–water partition coefficient (Wildman–Crippen LogP) is 2.44. The molecular formula is C11H19BO. The third-order valence-corrected chi connectivity index (χ3v) is 3.94. The maximum atomic E-state index is 10.3. The van der Waals surface area contributed by atoms with Gasteiger partial charge in [0, 0.05) is 0 Å². The topological polar surface area (TPSA) is 20.2 Å². The molecule has 1 nitrogen and oxygen atoms in total. The molecule has 2 bridgehead atoms. The zero-order chi connectivity index (χ0) is 9.53. The fourth-order valence-corrected chi connectivity index (χ4v) is 3.42. The summed E-state index contributed by atoms with van der Waals surface area (Å²) < 4.78 is 0. The number of aliphatic hydroxyl groups is 1. The molecule has 0 spiro atoms. The largest absolute Gasteiger partial charge is 0.390 e. The molecule has 2 heteroatoms. The van der Waals surface area contributed by atoms with Gasteiger partial charge in [-0.2, -0.15) is 0 Å². The molecule has 3 atom stereocenters. The first-order valence-corrected chi connectivity index (χ1v) is 5.57. The summed E-state index contributed by atoms with van der Waals surface area (Å²) >= 11 is 0. The molecule has 1 N–H and O–H groups in total. The van der Waals surface area contributed by atoms with Gasteiger partial charge in [-0.05, 0) is 25.2 Å². The average molecular weight is 178 g/mol. The Kier molecular flexibility index (Phi) is 2.22. The van der Waals surface area contributed by atoms with Crippen molar-refractivity contribution in [3.63, 3.8) is 0 Å². The Balaban J connectivity index is 2.15. The van der Waals surface area contributed by atoms with E-state index in [2.05, 4.69) is 6.92 Å². The molecule has 2 saturated carbocycles. The summed E-state index contributed by atoms with van der Waals surface area (Å²) in [6.45, 7) is 2.21. The zero-order valence-electron chi connectivity index (χ0n) is 8.55. The van der Waals surface area contributed by atoms with Gasteiger partial charge in [0.05, 0.1) is 13.4 Å². The van der Waals surface area contributed by atoms with Crippen molar-refractivity contribution in [2.24, 2.45) is 5.92 Å². The van der Waals surface area contributed by atoms with Crippen molar-refractivity contribution in [1.29, 1.82) is 0 Å². The van der Waals surface area contributed by atoms with E-state index in [0.29, 0.717) is 5.92 Å². The van der Waals surface area contributed by atoms with Crippen LogP contribution in [0.25, 0.3) is 0 Å². The summed E-state index contributed by atoms with van der Waals surface area (Å²) in [5, 5.41) is 10.3. The quantitative estimate of drug-likeness (QED) is 0.611. The highest BCUT2D eigenvalue weighted by Gasteiger charge is 2.46. The van der Waals surface area contributed by atoms with Gasteiger partial charge in [-0.3, -0.25) is 0 Å². The van der Waals surface area contributed by atoms with E-state index >= 15 is 0 Å². The molecule has 2 radical (unpaired) electrons. The van der Waals surface area contributed by atoms with Crippen molar-refractivity contribution in [1.82, 2.24) is 0 Å². The first-order chi connectivity index (χ1) is 6.05. The van der Waals surface area contributed by atoms with E-state index in [1.807, 2.05) is 0 Å². The van der Waals surface area contributed by atoms with Gasteiger partial charge in [0.2, 0.25) is 0 Å². The summed E-state index contributed by atoms with van der Waals surface area (Å²) in [7, 11) is 6.29. The molecule has 0 saturated heterocycles. The summed E-state index contributed by atoms with van der Waals surface area (Å²) in [5.41, 5.74) is -0.411. The Hall–Kier alpha value is 0.0249. The average Bonchev–Trinajstić information content (AvgIpc) is 2.00. The van der Waals surface area contributed by atoms with Crippen LogP contribution >= 0.6 is 0 Å². The Morgan fingerprint density at radius 3 is 2.77 bits per heavy atom. The van der Waals surface area contributed by atoms with Crippen LogP contribution in [0.5, 0.6) is 0 Å². The number of hydrogen-bond donors (Lipinski definition) is 1. The summed E-state index contributed by atoms with van der Waals surface area (Å²) in [6, 6.07) is 0. The molecule has 0 aromatic rings. The van der Waals surface area contributed by atoms with Crippen LogP contribution in [0.4, 0.5) is 0 Å². The molecular weight excluding hydrogens is 159 g/mol. The minimum Gasteiger partial charge on any atom is -0.390 e. The van der Waals surface area contributed by atoms with Gasteiger partial charge >= 0.3 is 0 Å². The molecule has 2 aliphatic rings. The van der Waals surface area contributed by atoms with Crippen molar-refractivity contribution >= 4 is 7.85 Å². The Morgan fingerprint density at radius 2 is 2.15 bits per heavy atom. The van der Waals surface area contributed by atoms with Gasteiger partial charge in [0.1, 0.15) is 0 Å². The van der Waals surface area contributed by atoms with Gasteiger partial charge in [-0.1, -0.05) is 37.9 Å². The Labute approximate surface area is 82.3 Å². The number of rotatable bonds is 1. The van der Waals surface area contributed by atoms with Crippen LogP contribution in [0, 0.1) is 5.92 Å². The molecule has 2 fully saturated rings. The van der Waals surface area contributed by atoms with Crippen molar-refractivity contribution in [2.75, 3.05) is 0 Å². The lowest BCUT2D eigenvalue weighted by molar-refractivity contribution is -0.0619. The highest BCUT2D eigenvalue weighted by atomic mass is 16.3. The lowest BCUT2D eigenvalue weighted by Gasteiger charge is -2.51. The third kappa shape index (κ3) is 1.78. The van der Waals surface area contributed by atoms with Crippen molar-refractivity contribution in [2.45, 2.75) is 62.8 Å². The van der Waals surface area contributed by atoms with Crippen LogP contribution in [-0.2, 0) is 0 Å². The molecule has 0 aromatic carbocycles. The smallest absolute Gasteiger partial charge is 0.0747 e. The second-order valence-corrected chi connectivity index (χ2v) is 5.30. The highest BCUT2D eigenvalue weighted by Crippen LogP contribution is 2.56. The second kappa shape index (κ2) is 3.01. The van der Waals surface area contributed by atoms with Gasteiger partial charge in [-0.15, -0.1) is 0 Å². The summed E-state index contributed by atoms with van der Waals surface area (Å²) in [6.07, 6.45) is 7.34. The Morgan fingerprint density at radius 1 is 1.38 bits per heavy atom. The van der Waals surface area contributed by atoms with Crippen molar-refractivity contribution < 1.29 is 5.11 Å². The van der Waals surface area contributed by atoms with E-state index < -0.39 is 5.60 Å². The first kappa shape index (κ1) is 9.58. The van der Waals surface area contributed by atoms with Crippen LogP contribution in [0.2, 0.25) is 5.31 Å². The van der Waals surface area contributed by atoms with Gasteiger partial charge < -0.3 is 5.11 Å². The van der Waals surface area contributed by atoms with E-state index in [1.165, 1.54) is 6.42 Å². The molecule has 13 heavy (non-hydrogen) atoms. The van der Waals surface area contributed by atoms with Crippen LogP contribution < -0.4 is 0 Å². The van der Waals surface area contributed by atoms with E-state index in [0.717, 1.165) is 38.5 Å². The monoisotopic (exact) mass is 178 g/mol. The molecule has 3 unspecified atom stereocenters. The van der Waals surface area contributed by atoms with Gasteiger partial charge in [0.15, 0.2) is 0 Å². The van der Waals surface area contributed by atoms with Crippen LogP contribution in [0.3, 0.4) is 0 Å². The molecule has 2 aliphatic carbocycles. The van der Waals surface area contributed by atoms with Crippen LogP contribution in [-0.4, -0.2) is 18.6 Å². The Bertz CT molecular complexity index is 188. The third-order valence-electron chi connectivity index (χ3n) is 3.94. The zero-order valence-corrected chi connectivity index (χ0v) is 8.55. The highest BCUT2D eigenvalue weighted by molar-refractivity contribution is 6.15. The van der Waals surface area contributed by atoms with Crippen molar-refractivity contribution in [3.05, 3.63) is 0 Å². The normalized spacial score (nSPS) is 50.5.